The Balaban J connectivity index is 2.15. The van der Waals surface area contributed by atoms with Gasteiger partial charge in [0.25, 0.3) is 11.7 Å². The fourth-order valence-electron chi connectivity index (χ4n) is 3.51. The number of benzene rings is 2. The van der Waals surface area contributed by atoms with Crippen LogP contribution < -0.4 is 4.74 Å². The summed E-state index contributed by atoms with van der Waals surface area (Å²) in [6.45, 7) is 4.12. The van der Waals surface area contributed by atoms with Gasteiger partial charge in [-0.3, -0.25) is 9.59 Å². The van der Waals surface area contributed by atoms with Crippen molar-refractivity contribution in [3.8, 4) is 11.5 Å². The Morgan fingerprint density at radius 2 is 1.84 bits per heavy atom. The van der Waals surface area contributed by atoms with Crippen LogP contribution in [0.4, 0.5) is 0 Å². The highest BCUT2D eigenvalue weighted by atomic mass is 35.5. The van der Waals surface area contributed by atoms with Crippen molar-refractivity contribution in [2.45, 2.75) is 26.0 Å². The van der Waals surface area contributed by atoms with Crippen LogP contribution >= 0.6 is 11.6 Å². The van der Waals surface area contributed by atoms with Crippen LogP contribution in [0.15, 0.2) is 48.0 Å². The molecule has 31 heavy (non-hydrogen) atoms. The lowest BCUT2D eigenvalue weighted by Crippen LogP contribution is -2.33. The van der Waals surface area contributed by atoms with Crippen LogP contribution in [0.2, 0.25) is 5.02 Å². The van der Waals surface area contributed by atoms with E-state index in [-0.39, 0.29) is 41.9 Å². The Labute approximate surface area is 185 Å². The van der Waals surface area contributed by atoms with E-state index < -0.39 is 17.7 Å². The van der Waals surface area contributed by atoms with Gasteiger partial charge in [-0.25, -0.2) is 0 Å². The third-order valence-corrected chi connectivity index (χ3v) is 5.18. The Morgan fingerprint density at radius 1 is 1.16 bits per heavy atom. The molecule has 3 rings (SSSR count). The average molecular weight is 446 g/mol. The van der Waals surface area contributed by atoms with E-state index in [2.05, 4.69) is 0 Å². The molecule has 1 unspecified atom stereocenters. The minimum atomic E-state index is -0.861. The molecule has 1 saturated heterocycles. The molecule has 2 aromatic carbocycles. The number of rotatable bonds is 7. The number of aliphatic hydroxyl groups is 1. The van der Waals surface area contributed by atoms with Gasteiger partial charge >= 0.3 is 0 Å². The number of hydrogen-bond acceptors (Lipinski definition) is 6. The van der Waals surface area contributed by atoms with Crippen LogP contribution in [-0.4, -0.2) is 53.2 Å². The number of aliphatic hydroxyl groups excluding tert-OH is 1. The highest BCUT2D eigenvalue weighted by Crippen LogP contribution is 2.41. The summed E-state index contributed by atoms with van der Waals surface area (Å²) in [6, 6.07) is 9.89. The van der Waals surface area contributed by atoms with Crippen LogP contribution in [0.5, 0.6) is 11.5 Å². The van der Waals surface area contributed by atoms with Crippen molar-refractivity contribution in [2.75, 3.05) is 20.3 Å². The molecule has 0 saturated carbocycles. The molecule has 2 N–H and O–H groups in total. The summed E-state index contributed by atoms with van der Waals surface area (Å²) in [5.74, 6) is -1.60. The van der Waals surface area contributed by atoms with Crippen molar-refractivity contribution in [2.24, 2.45) is 0 Å². The van der Waals surface area contributed by atoms with Crippen molar-refractivity contribution in [3.05, 3.63) is 64.2 Å². The molecule has 1 atom stereocenters. The summed E-state index contributed by atoms with van der Waals surface area (Å²) in [6.07, 6.45) is -0.0420. The largest absolute Gasteiger partial charge is 0.508 e. The summed E-state index contributed by atoms with van der Waals surface area (Å²) in [4.78, 5) is 27.2. The molecule has 0 aromatic heterocycles. The third kappa shape index (κ3) is 4.68. The SMILES string of the molecule is COc1ccc(Cl)cc1/C(O)=C1\C(=O)C(=O)N(CCOC(C)C)C1c1ccc(O)cc1. The number of carbonyl (C=O) groups is 2. The highest BCUT2D eigenvalue weighted by Gasteiger charge is 2.46. The molecule has 1 fully saturated rings. The Morgan fingerprint density at radius 3 is 2.45 bits per heavy atom. The number of nitrogens with zero attached hydrogens (tertiary/aromatic N) is 1. The van der Waals surface area contributed by atoms with Crippen molar-refractivity contribution < 1.29 is 29.3 Å². The number of ether oxygens (including phenoxy) is 2. The normalized spacial score (nSPS) is 18.1. The number of methoxy groups -OCH3 is 1. The van der Waals surface area contributed by atoms with E-state index in [1.807, 2.05) is 13.8 Å². The minimum absolute atomic E-state index is 0.0420. The summed E-state index contributed by atoms with van der Waals surface area (Å²) in [5.41, 5.74) is 0.681. The molecule has 1 heterocycles. The molecular formula is C23H24ClNO6. The average Bonchev–Trinajstić information content (AvgIpc) is 2.98. The van der Waals surface area contributed by atoms with Crippen molar-refractivity contribution in [1.82, 2.24) is 4.90 Å². The number of ketones is 1. The molecule has 2 aromatic rings. The zero-order valence-corrected chi connectivity index (χ0v) is 18.2. The van der Waals surface area contributed by atoms with Gasteiger partial charge in [-0.2, -0.15) is 0 Å². The zero-order valence-electron chi connectivity index (χ0n) is 17.5. The van der Waals surface area contributed by atoms with Gasteiger partial charge in [0.1, 0.15) is 17.3 Å². The number of Topliss-reactive ketones (excluding diaryl/α,β-unsaturated/α-hetero) is 1. The van der Waals surface area contributed by atoms with E-state index in [0.29, 0.717) is 16.3 Å². The summed E-state index contributed by atoms with van der Waals surface area (Å²) >= 11 is 6.09. The van der Waals surface area contributed by atoms with E-state index in [0.717, 1.165) is 0 Å². The first kappa shape index (κ1) is 22.7. The zero-order chi connectivity index (χ0) is 22.7. The second-order valence-corrected chi connectivity index (χ2v) is 7.78. The number of phenols is 1. The molecule has 1 aliphatic rings. The number of hydrogen-bond donors (Lipinski definition) is 2. The number of carbonyl (C=O) groups excluding carboxylic acids is 2. The molecule has 1 amide bonds. The second kappa shape index (κ2) is 9.41. The number of aromatic hydroxyl groups is 1. The second-order valence-electron chi connectivity index (χ2n) is 7.35. The minimum Gasteiger partial charge on any atom is -0.508 e. The summed E-state index contributed by atoms with van der Waals surface area (Å²) in [7, 11) is 1.43. The maximum Gasteiger partial charge on any atom is 0.295 e. The number of likely N-dealkylation sites (tertiary alicyclic amines) is 1. The lowest BCUT2D eigenvalue weighted by atomic mass is 9.95. The molecule has 0 bridgehead atoms. The van der Waals surface area contributed by atoms with Gasteiger partial charge in [0.15, 0.2) is 0 Å². The first-order chi connectivity index (χ1) is 14.7. The lowest BCUT2D eigenvalue weighted by Gasteiger charge is -2.25. The lowest BCUT2D eigenvalue weighted by molar-refractivity contribution is -0.140. The first-order valence-electron chi connectivity index (χ1n) is 9.77. The molecular weight excluding hydrogens is 422 g/mol. The van der Waals surface area contributed by atoms with Crippen molar-refractivity contribution >= 4 is 29.1 Å². The fraction of sp³-hybridized carbons (Fsp3) is 0.304. The van der Waals surface area contributed by atoms with E-state index in [1.165, 1.54) is 30.2 Å². The molecule has 0 aliphatic carbocycles. The Bertz CT molecular complexity index is 1020. The Kier molecular flexibility index (Phi) is 6.87. The quantitative estimate of drug-likeness (QED) is 0.381. The van der Waals surface area contributed by atoms with Crippen LogP contribution in [0.1, 0.15) is 31.0 Å². The molecule has 8 heteroatoms. The molecule has 1 aliphatic heterocycles. The van der Waals surface area contributed by atoms with E-state index in [1.54, 1.807) is 24.3 Å². The molecule has 164 valence electrons. The molecule has 0 radical (unpaired) electrons. The molecule has 0 spiro atoms. The van der Waals surface area contributed by atoms with Gasteiger partial charge in [0, 0.05) is 11.6 Å². The number of halogens is 1. The van der Waals surface area contributed by atoms with Crippen LogP contribution in [0, 0.1) is 0 Å². The molecule has 7 nitrogen and oxygen atoms in total. The van der Waals surface area contributed by atoms with Crippen molar-refractivity contribution in [1.29, 1.82) is 0 Å². The van der Waals surface area contributed by atoms with Gasteiger partial charge < -0.3 is 24.6 Å². The topological polar surface area (TPSA) is 96.3 Å². The van der Waals surface area contributed by atoms with E-state index in [9.17, 15) is 19.8 Å². The van der Waals surface area contributed by atoms with Gasteiger partial charge in [-0.05, 0) is 49.7 Å². The highest BCUT2D eigenvalue weighted by molar-refractivity contribution is 6.46. The third-order valence-electron chi connectivity index (χ3n) is 4.95. The van der Waals surface area contributed by atoms with E-state index in [4.69, 9.17) is 21.1 Å². The predicted octanol–water partition coefficient (Wildman–Crippen LogP) is 3.90. The van der Waals surface area contributed by atoms with Crippen LogP contribution in [0.3, 0.4) is 0 Å². The van der Waals surface area contributed by atoms with Gasteiger partial charge in [0.05, 0.1) is 37.0 Å². The van der Waals surface area contributed by atoms with Crippen LogP contribution in [0.25, 0.3) is 5.76 Å². The standard InChI is InChI=1S/C23H24ClNO6/c1-13(2)31-11-10-25-20(14-4-7-16(26)8-5-14)19(22(28)23(25)29)21(27)17-12-15(24)6-9-18(17)30-3/h4-9,12-13,20,26-27H,10-11H2,1-3H3/b21-19+. The predicted molar refractivity (Wildman–Crippen MR) is 116 cm³/mol. The van der Waals surface area contributed by atoms with Gasteiger partial charge in [-0.1, -0.05) is 23.7 Å². The maximum atomic E-state index is 13.0. The number of amides is 1. The van der Waals surface area contributed by atoms with Crippen molar-refractivity contribution in [3.63, 3.8) is 0 Å². The van der Waals surface area contributed by atoms with Crippen LogP contribution in [-0.2, 0) is 14.3 Å². The van der Waals surface area contributed by atoms with Gasteiger partial charge in [-0.15, -0.1) is 0 Å². The summed E-state index contributed by atoms with van der Waals surface area (Å²) < 4.78 is 10.9. The maximum absolute atomic E-state index is 13.0. The summed E-state index contributed by atoms with van der Waals surface area (Å²) in [5, 5.41) is 21.1. The first-order valence-corrected chi connectivity index (χ1v) is 10.1. The number of phenolic OH excluding ortho intramolecular Hbond substituents is 1. The fourth-order valence-corrected chi connectivity index (χ4v) is 3.68. The smallest absolute Gasteiger partial charge is 0.295 e. The Hall–Kier alpha value is -3.03. The van der Waals surface area contributed by atoms with E-state index >= 15 is 0 Å². The monoisotopic (exact) mass is 445 g/mol. The van der Waals surface area contributed by atoms with Gasteiger partial charge in [0.2, 0.25) is 0 Å².